The SMILES string of the molecule is CCC(CC)N(CCN)Cc1cc(C)ccc1C. The zero-order chi connectivity index (χ0) is 13.5. The molecule has 0 atom stereocenters. The molecule has 2 heteroatoms. The fourth-order valence-corrected chi connectivity index (χ4v) is 2.55. The maximum Gasteiger partial charge on any atom is 0.0239 e. The smallest absolute Gasteiger partial charge is 0.0239 e. The lowest BCUT2D eigenvalue weighted by Crippen LogP contribution is -2.37. The predicted molar refractivity (Wildman–Crippen MR) is 79.8 cm³/mol. The largest absolute Gasteiger partial charge is 0.329 e. The van der Waals surface area contributed by atoms with Gasteiger partial charge in [-0.2, -0.15) is 0 Å². The quantitative estimate of drug-likeness (QED) is 0.802. The molecule has 1 aromatic rings. The van der Waals surface area contributed by atoms with Crippen molar-refractivity contribution in [3.63, 3.8) is 0 Å². The van der Waals surface area contributed by atoms with Gasteiger partial charge in [0.05, 0.1) is 0 Å². The van der Waals surface area contributed by atoms with Gasteiger partial charge in [-0.15, -0.1) is 0 Å². The highest BCUT2D eigenvalue weighted by Gasteiger charge is 2.15. The third kappa shape index (κ3) is 4.11. The molecule has 0 spiro atoms. The molecule has 0 saturated heterocycles. The van der Waals surface area contributed by atoms with Crippen molar-refractivity contribution >= 4 is 0 Å². The average molecular weight is 248 g/mol. The summed E-state index contributed by atoms with van der Waals surface area (Å²) in [5, 5.41) is 0. The fraction of sp³-hybridized carbons (Fsp3) is 0.625. The molecule has 1 aromatic carbocycles. The van der Waals surface area contributed by atoms with Crippen LogP contribution in [0, 0.1) is 13.8 Å². The van der Waals surface area contributed by atoms with Crippen molar-refractivity contribution in [2.75, 3.05) is 13.1 Å². The molecule has 102 valence electrons. The van der Waals surface area contributed by atoms with Gasteiger partial charge in [0.15, 0.2) is 0 Å². The van der Waals surface area contributed by atoms with Crippen molar-refractivity contribution in [3.05, 3.63) is 34.9 Å². The molecule has 18 heavy (non-hydrogen) atoms. The highest BCUT2D eigenvalue weighted by atomic mass is 15.2. The van der Waals surface area contributed by atoms with Crippen LogP contribution in [-0.4, -0.2) is 24.0 Å². The van der Waals surface area contributed by atoms with Gasteiger partial charge in [-0.3, -0.25) is 4.90 Å². The molecule has 1 rings (SSSR count). The van der Waals surface area contributed by atoms with E-state index in [9.17, 15) is 0 Å². The Balaban J connectivity index is 2.85. The van der Waals surface area contributed by atoms with Crippen molar-refractivity contribution in [3.8, 4) is 0 Å². The molecule has 0 fully saturated rings. The van der Waals surface area contributed by atoms with Crippen molar-refractivity contribution in [2.45, 2.75) is 53.1 Å². The van der Waals surface area contributed by atoms with Crippen molar-refractivity contribution in [2.24, 2.45) is 5.73 Å². The number of hydrogen-bond donors (Lipinski definition) is 1. The summed E-state index contributed by atoms with van der Waals surface area (Å²) in [6.07, 6.45) is 2.39. The molecule has 2 N–H and O–H groups in total. The number of benzene rings is 1. The molecule has 0 saturated carbocycles. The number of rotatable bonds is 7. The Kier molecular flexibility index (Phi) is 6.37. The van der Waals surface area contributed by atoms with Crippen LogP contribution in [0.2, 0.25) is 0 Å². The van der Waals surface area contributed by atoms with Gasteiger partial charge in [-0.05, 0) is 37.8 Å². The molecular weight excluding hydrogens is 220 g/mol. The molecule has 0 aliphatic rings. The Morgan fingerprint density at radius 2 is 1.83 bits per heavy atom. The van der Waals surface area contributed by atoms with Gasteiger partial charge < -0.3 is 5.73 Å². The first-order chi connectivity index (χ1) is 8.62. The van der Waals surface area contributed by atoms with Crippen LogP contribution in [0.15, 0.2) is 18.2 Å². The number of nitrogens with two attached hydrogens (primary N) is 1. The summed E-state index contributed by atoms with van der Waals surface area (Å²) in [5.74, 6) is 0. The third-order valence-corrected chi connectivity index (χ3v) is 3.75. The normalized spacial score (nSPS) is 11.5. The van der Waals surface area contributed by atoms with E-state index in [0.717, 1.165) is 19.6 Å². The summed E-state index contributed by atoms with van der Waals surface area (Å²) in [6, 6.07) is 7.36. The van der Waals surface area contributed by atoms with E-state index >= 15 is 0 Å². The summed E-state index contributed by atoms with van der Waals surface area (Å²) < 4.78 is 0. The molecule has 2 nitrogen and oxygen atoms in total. The molecular formula is C16H28N2. The lowest BCUT2D eigenvalue weighted by molar-refractivity contribution is 0.182. The predicted octanol–water partition coefficient (Wildman–Crippen LogP) is 3.25. The summed E-state index contributed by atoms with van der Waals surface area (Å²) in [5.41, 5.74) is 9.92. The van der Waals surface area contributed by atoms with Gasteiger partial charge in [0.25, 0.3) is 0 Å². The molecule has 0 aliphatic carbocycles. The van der Waals surface area contributed by atoms with Gasteiger partial charge in [-0.1, -0.05) is 37.6 Å². The van der Waals surface area contributed by atoms with Crippen LogP contribution in [0.25, 0.3) is 0 Å². The lowest BCUT2D eigenvalue weighted by Gasteiger charge is -2.30. The fourth-order valence-electron chi connectivity index (χ4n) is 2.55. The average Bonchev–Trinajstić information content (AvgIpc) is 2.35. The van der Waals surface area contributed by atoms with Gasteiger partial charge in [0.1, 0.15) is 0 Å². The van der Waals surface area contributed by atoms with E-state index in [1.165, 1.54) is 29.5 Å². The first-order valence-corrected chi connectivity index (χ1v) is 7.12. The Hall–Kier alpha value is -0.860. The van der Waals surface area contributed by atoms with Crippen LogP contribution >= 0.6 is 0 Å². The maximum absolute atomic E-state index is 5.76. The zero-order valence-corrected chi connectivity index (χ0v) is 12.4. The second kappa shape index (κ2) is 7.55. The first kappa shape index (κ1) is 15.2. The van der Waals surface area contributed by atoms with E-state index in [1.807, 2.05) is 0 Å². The summed E-state index contributed by atoms with van der Waals surface area (Å²) in [4.78, 5) is 2.53. The molecule has 0 unspecified atom stereocenters. The lowest BCUT2D eigenvalue weighted by atomic mass is 10.0. The minimum atomic E-state index is 0.647. The van der Waals surface area contributed by atoms with E-state index in [4.69, 9.17) is 5.73 Å². The summed E-state index contributed by atoms with van der Waals surface area (Å²) >= 11 is 0. The van der Waals surface area contributed by atoms with E-state index in [2.05, 4.69) is 50.8 Å². The van der Waals surface area contributed by atoms with Crippen LogP contribution in [0.3, 0.4) is 0 Å². The van der Waals surface area contributed by atoms with Crippen LogP contribution in [0.4, 0.5) is 0 Å². The second-order valence-corrected chi connectivity index (χ2v) is 5.16. The highest BCUT2D eigenvalue weighted by Crippen LogP contribution is 2.17. The monoisotopic (exact) mass is 248 g/mol. The third-order valence-electron chi connectivity index (χ3n) is 3.75. The number of nitrogens with zero attached hydrogens (tertiary/aromatic N) is 1. The zero-order valence-electron chi connectivity index (χ0n) is 12.4. The summed E-state index contributed by atoms with van der Waals surface area (Å²) in [7, 11) is 0. The van der Waals surface area contributed by atoms with E-state index in [1.54, 1.807) is 0 Å². The minimum absolute atomic E-state index is 0.647. The number of aryl methyl sites for hydroxylation is 2. The highest BCUT2D eigenvalue weighted by molar-refractivity contribution is 5.30. The van der Waals surface area contributed by atoms with Crippen molar-refractivity contribution < 1.29 is 0 Å². The topological polar surface area (TPSA) is 29.3 Å². The van der Waals surface area contributed by atoms with Gasteiger partial charge in [0, 0.05) is 25.7 Å². The molecule has 0 amide bonds. The van der Waals surface area contributed by atoms with Crippen LogP contribution in [0.1, 0.15) is 43.4 Å². The standard InChI is InChI=1S/C16H28N2/c1-5-16(6-2)18(10-9-17)12-15-11-13(3)7-8-14(15)4/h7-8,11,16H,5-6,9-10,12,17H2,1-4H3. The van der Waals surface area contributed by atoms with E-state index in [-0.39, 0.29) is 0 Å². The Morgan fingerprint density at radius 1 is 1.17 bits per heavy atom. The Labute approximate surface area is 112 Å². The molecule has 0 bridgehead atoms. The maximum atomic E-state index is 5.76. The first-order valence-electron chi connectivity index (χ1n) is 7.12. The molecule has 0 aromatic heterocycles. The second-order valence-electron chi connectivity index (χ2n) is 5.16. The Bertz CT molecular complexity index is 356. The molecule has 0 aliphatic heterocycles. The van der Waals surface area contributed by atoms with Gasteiger partial charge in [-0.25, -0.2) is 0 Å². The van der Waals surface area contributed by atoms with Crippen molar-refractivity contribution in [1.29, 1.82) is 0 Å². The van der Waals surface area contributed by atoms with E-state index in [0.29, 0.717) is 6.04 Å². The van der Waals surface area contributed by atoms with E-state index < -0.39 is 0 Å². The van der Waals surface area contributed by atoms with Gasteiger partial charge in [0.2, 0.25) is 0 Å². The Morgan fingerprint density at radius 3 is 2.39 bits per heavy atom. The van der Waals surface area contributed by atoms with Crippen molar-refractivity contribution in [1.82, 2.24) is 4.90 Å². The van der Waals surface area contributed by atoms with Gasteiger partial charge >= 0.3 is 0 Å². The molecule has 0 heterocycles. The van der Waals surface area contributed by atoms with Crippen LogP contribution in [-0.2, 0) is 6.54 Å². The van der Waals surface area contributed by atoms with Crippen LogP contribution in [0.5, 0.6) is 0 Å². The van der Waals surface area contributed by atoms with Crippen LogP contribution < -0.4 is 5.73 Å². The minimum Gasteiger partial charge on any atom is -0.329 e. The number of hydrogen-bond acceptors (Lipinski definition) is 2. The molecule has 0 radical (unpaired) electrons. The summed E-state index contributed by atoms with van der Waals surface area (Å²) in [6.45, 7) is 11.6.